The second-order valence-electron chi connectivity index (χ2n) is 14.1. The van der Waals surface area contributed by atoms with Gasteiger partial charge < -0.3 is 14.6 Å². The molecule has 0 aliphatic heterocycles. The molecular weight excluding hydrogens is 580 g/mol. The number of esters is 1. The number of aliphatic hydroxyl groups is 1. The summed E-state index contributed by atoms with van der Waals surface area (Å²) in [6.45, 7) is 5.36. The molecule has 0 spiro atoms. The van der Waals surface area contributed by atoms with Crippen LogP contribution in [-0.2, 0) is 14.3 Å². The Labute approximate surface area is 294 Å². The lowest BCUT2D eigenvalue weighted by molar-refractivity contribution is -0.154. The summed E-state index contributed by atoms with van der Waals surface area (Å²) in [6.07, 6.45) is 49.5. The number of carbonyl (C=O) groups is 1. The Bertz CT molecular complexity index is 658. The monoisotopic (exact) mass is 663 g/mol. The third kappa shape index (κ3) is 39.2. The summed E-state index contributed by atoms with van der Waals surface area (Å²) in [6, 6.07) is 0. The standard InChI is InChI=1S/C43H82O4/c1-3-5-7-9-11-13-15-17-18-19-20-21-22-23-24-25-26-27-28-30-32-34-36-38-43(45)47-42(40-44)41-46-39-37-35-33-31-29-16-14-12-10-8-6-4-2/h15,17,19-20,42,44H,3-14,16,18,21-41H2,1-2H3/b17-15-,20-19-. The molecule has 0 aromatic heterocycles. The third-order valence-electron chi connectivity index (χ3n) is 9.28. The van der Waals surface area contributed by atoms with Crippen LogP contribution in [-0.4, -0.2) is 37.0 Å². The molecule has 47 heavy (non-hydrogen) atoms. The van der Waals surface area contributed by atoms with Crippen molar-refractivity contribution >= 4 is 5.97 Å². The molecule has 0 aliphatic carbocycles. The zero-order chi connectivity index (χ0) is 34.1. The van der Waals surface area contributed by atoms with Gasteiger partial charge in [0.2, 0.25) is 0 Å². The predicted octanol–water partition coefficient (Wildman–Crippen LogP) is 13.5. The highest BCUT2D eigenvalue weighted by molar-refractivity contribution is 5.69. The average Bonchev–Trinajstić information content (AvgIpc) is 3.08. The first kappa shape index (κ1) is 45.9. The zero-order valence-corrected chi connectivity index (χ0v) is 31.8. The van der Waals surface area contributed by atoms with E-state index in [1.807, 2.05) is 0 Å². The first-order chi connectivity index (χ1) is 23.2. The number of rotatable bonds is 39. The van der Waals surface area contributed by atoms with Crippen molar-refractivity contribution in [1.82, 2.24) is 0 Å². The maximum atomic E-state index is 12.2. The van der Waals surface area contributed by atoms with Gasteiger partial charge in [0.15, 0.2) is 0 Å². The molecule has 1 N–H and O–H groups in total. The van der Waals surface area contributed by atoms with Gasteiger partial charge in [-0.2, -0.15) is 0 Å². The Morgan fingerprint density at radius 2 is 0.894 bits per heavy atom. The van der Waals surface area contributed by atoms with E-state index in [0.717, 1.165) is 25.7 Å². The van der Waals surface area contributed by atoms with Crippen molar-refractivity contribution in [2.45, 2.75) is 225 Å². The van der Waals surface area contributed by atoms with E-state index in [-0.39, 0.29) is 12.6 Å². The SMILES string of the molecule is CCCCCCC/C=C\C/C=C\CCCCCCCCCCCCCC(=O)OC(CO)COCCCCCCCCCCCCCC. The molecule has 0 heterocycles. The van der Waals surface area contributed by atoms with E-state index in [9.17, 15) is 9.90 Å². The van der Waals surface area contributed by atoms with Crippen LogP contribution in [0.2, 0.25) is 0 Å². The van der Waals surface area contributed by atoms with E-state index in [4.69, 9.17) is 9.47 Å². The summed E-state index contributed by atoms with van der Waals surface area (Å²) in [5.41, 5.74) is 0. The highest BCUT2D eigenvalue weighted by Gasteiger charge is 2.13. The zero-order valence-electron chi connectivity index (χ0n) is 31.8. The second kappa shape index (κ2) is 41.0. The average molecular weight is 663 g/mol. The van der Waals surface area contributed by atoms with Crippen molar-refractivity contribution in [1.29, 1.82) is 0 Å². The van der Waals surface area contributed by atoms with Gasteiger partial charge in [0.25, 0.3) is 0 Å². The van der Waals surface area contributed by atoms with Crippen molar-refractivity contribution in [3.63, 3.8) is 0 Å². The molecule has 278 valence electrons. The van der Waals surface area contributed by atoms with Gasteiger partial charge in [-0.25, -0.2) is 0 Å². The van der Waals surface area contributed by atoms with Crippen molar-refractivity contribution in [2.75, 3.05) is 19.8 Å². The Morgan fingerprint density at radius 1 is 0.511 bits per heavy atom. The Kier molecular flexibility index (Phi) is 40.1. The highest BCUT2D eigenvalue weighted by Crippen LogP contribution is 2.14. The molecule has 0 rings (SSSR count). The number of ether oxygens (including phenoxy) is 2. The smallest absolute Gasteiger partial charge is 0.306 e. The maximum Gasteiger partial charge on any atom is 0.306 e. The Hall–Kier alpha value is -1.13. The van der Waals surface area contributed by atoms with Crippen LogP contribution in [0, 0.1) is 0 Å². The molecule has 0 aromatic carbocycles. The second-order valence-corrected chi connectivity index (χ2v) is 14.1. The van der Waals surface area contributed by atoms with E-state index in [2.05, 4.69) is 38.2 Å². The number of carbonyl (C=O) groups excluding carboxylic acids is 1. The van der Waals surface area contributed by atoms with Gasteiger partial charge in [0.05, 0.1) is 13.2 Å². The predicted molar refractivity (Wildman–Crippen MR) is 205 cm³/mol. The quantitative estimate of drug-likeness (QED) is 0.0404. The first-order valence-electron chi connectivity index (χ1n) is 20.9. The summed E-state index contributed by atoms with van der Waals surface area (Å²) >= 11 is 0. The van der Waals surface area contributed by atoms with Crippen LogP contribution in [0.15, 0.2) is 24.3 Å². The molecular formula is C43H82O4. The number of hydrogen-bond donors (Lipinski definition) is 1. The van der Waals surface area contributed by atoms with Crippen molar-refractivity contribution in [3.05, 3.63) is 24.3 Å². The number of allylic oxidation sites excluding steroid dienone is 4. The van der Waals surface area contributed by atoms with Crippen LogP contribution in [0.25, 0.3) is 0 Å². The topological polar surface area (TPSA) is 55.8 Å². The summed E-state index contributed by atoms with van der Waals surface area (Å²) < 4.78 is 11.1. The summed E-state index contributed by atoms with van der Waals surface area (Å²) in [5, 5.41) is 9.57. The largest absolute Gasteiger partial charge is 0.457 e. The molecule has 0 radical (unpaired) electrons. The third-order valence-corrected chi connectivity index (χ3v) is 9.28. The van der Waals surface area contributed by atoms with Crippen LogP contribution in [0.5, 0.6) is 0 Å². The van der Waals surface area contributed by atoms with Gasteiger partial charge in [-0.05, 0) is 44.9 Å². The Morgan fingerprint density at radius 3 is 1.32 bits per heavy atom. The summed E-state index contributed by atoms with van der Waals surface area (Å²) in [7, 11) is 0. The van der Waals surface area contributed by atoms with E-state index in [1.165, 1.54) is 173 Å². The van der Waals surface area contributed by atoms with Gasteiger partial charge in [-0.1, -0.05) is 192 Å². The normalized spacial score (nSPS) is 12.5. The molecule has 0 aliphatic rings. The van der Waals surface area contributed by atoms with Crippen molar-refractivity contribution < 1.29 is 19.4 Å². The van der Waals surface area contributed by atoms with Crippen LogP contribution in [0.3, 0.4) is 0 Å². The summed E-state index contributed by atoms with van der Waals surface area (Å²) in [5.74, 6) is -0.200. The first-order valence-corrected chi connectivity index (χ1v) is 20.9. The molecule has 0 saturated carbocycles. The molecule has 0 saturated heterocycles. The molecule has 0 bridgehead atoms. The van der Waals surface area contributed by atoms with E-state index in [1.54, 1.807) is 0 Å². The fourth-order valence-electron chi connectivity index (χ4n) is 6.12. The minimum atomic E-state index is -0.529. The van der Waals surface area contributed by atoms with E-state index in [0.29, 0.717) is 19.6 Å². The molecule has 1 atom stereocenters. The molecule has 0 aromatic rings. The molecule has 1 unspecified atom stereocenters. The van der Waals surface area contributed by atoms with Crippen LogP contribution < -0.4 is 0 Å². The maximum absolute atomic E-state index is 12.2. The van der Waals surface area contributed by atoms with Crippen LogP contribution >= 0.6 is 0 Å². The van der Waals surface area contributed by atoms with Gasteiger partial charge in [0.1, 0.15) is 6.10 Å². The number of aliphatic hydroxyl groups excluding tert-OH is 1. The lowest BCUT2D eigenvalue weighted by atomic mass is 10.0. The van der Waals surface area contributed by atoms with E-state index >= 15 is 0 Å². The van der Waals surface area contributed by atoms with Gasteiger partial charge in [0, 0.05) is 13.0 Å². The van der Waals surface area contributed by atoms with E-state index < -0.39 is 6.10 Å². The number of unbranched alkanes of at least 4 members (excludes halogenated alkanes) is 27. The number of hydrogen-bond acceptors (Lipinski definition) is 4. The highest BCUT2D eigenvalue weighted by atomic mass is 16.6. The van der Waals surface area contributed by atoms with Crippen LogP contribution in [0.1, 0.15) is 219 Å². The minimum Gasteiger partial charge on any atom is -0.457 e. The molecule has 0 fully saturated rings. The minimum absolute atomic E-state index is 0.168. The fraction of sp³-hybridized carbons (Fsp3) is 0.884. The lowest BCUT2D eigenvalue weighted by Crippen LogP contribution is -2.27. The van der Waals surface area contributed by atoms with Crippen molar-refractivity contribution in [3.8, 4) is 0 Å². The lowest BCUT2D eigenvalue weighted by Gasteiger charge is -2.16. The Balaban J connectivity index is 3.40. The van der Waals surface area contributed by atoms with Gasteiger partial charge in [-0.3, -0.25) is 4.79 Å². The van der Waals surface area contributed by atoms with Gasteiger partial charge in [-0.15, -0.1) is 0 Å². The molecule has 4 heteroatoms. The molecule has 0 amide bonds. The fourth-order valence-corrected chi connectivity index (χ4v) is 6.12. The molecule has 4 nitrogen and oxygen atoms in total. The summed E-state index contributed by atoms with van der Waals surface area (Å²) in [4.78, 5) is 12.2. The van der Waals surface area contributed by atoms with Crippen molar-refractivity contribution in [2.24, 2.45) is 0 Å². The van der Waals surface area contributed by atoms with Crippen LogP contribution in [0.4, 0.5) is 0 Å². The van der Waals surface area contributed by atoms with Gasteiger partial charge >= 0.3 is 5.97 Å².